The van der Waals surface area contributed by atoms with Crippen LogP contribution in [0, 0.1) is 15.3 Å². The lowest BCUT2D eigenvalue weighted by molar-refractivity contribution is -0.610. The molecule has 0 fully saturated rings. The lowest BCUT2D eigenvalue weighted by Gasteiger charge is -2.02. The minimum Gasteiger partial charge on any atom is -0.619 e. The number of pyridine rings is 1. The summed E-state index contributed by atoms with van der Waals surface area (Å²) >= 11 is 3.23. The summed E-state index contributed by atoms with van der Waals surface area (Å²) in [6.45, 7) is 1.79. The fourth-order valence-electron chi connectivity index (χ4n) is 0.877. The van der Waals surface area contributed by atoms with E-state index < -0.39 is 4.92 Å². The Morgan fingerprint density at radius 1 is 1.62 bits per heavy atom. The van der Waals surface area contributed by atoms with Crippen LogP contribution in [0.25, 0.3) is 0 Å². The van der Waals surface area contributed by atoms with E-state index in [0.29, 0.717) is 10.3 Å². The van der Waals surface area contributed by atoms with E-state index in [1.54, 1.807) is 6.92 Å². The van der Waals surface area contributed by atoms with Crippen molar-refractivity contribution in [1.29, 1.82) is 0 Å². The third-order valence-electron chi connectivity index (χ3n) is 1.52. The number of nitro groups is 1. The van der Waals surface area contributed by atoms with E-state index in [2.05, 4.69) is 15.9 Å². The normalized spacial score (nSPS) is 12.5. The van der Waals surface area contributed by atoms with Gasteiger partial charge in [-0.25, -0.2) is 0 Å². The first-order chi connectivity index (χ1) is 6.00. The third-order valence-corrected chi connectivity index (χ3v) is 2.05. The van der Waals surface area contributed by atoms with Crippen molar-refractivity contribution >= 4 is 21.6 Å². The summed E-state index contributed by atoms with van der Waals surface area (Å²) in [4.78, 5) is 9.70. The molecule has 1 unspecified atom stereocenters. The second-order valence-corrected chi connectivity index (χ2v) is 3.93. The molecule has 1 rings (SSSR count). The Bertz CT molecular complexity index is 341. The molecule has 0 N–H and O–H groups in total. The quantitative estimate of drug-likeness (QED) is 0.262. The molecule has 0 bridgehead atoms. The van der Waals surface area contributed by atoms with Gasteiger partial charge < -0.3 is 5.21 Å². The predicted octanol–water partition coefficient (Wildman–Crippen LogP) is 1.68. The van der Waals surface area contributed by atoms with Crippen LogP contribution in [-0.2, 0) is 0 Å². The van der Waals surface area contributed by atoms with Crippen LogP contribution < -0.4 is 4.73 Å². The maximum atomic E-state index is 10.9. The average Bonchev–Trinajstić information content (AvgIpc) is 2.03. The van der Waals surface area contributed by atoms with Crippen LogP contribution in [-0.4, -0.2) is 4.92 Å². The third kappa shape index (κ3) is 2.38. The van der Waals surface area contributed by atoms with E-state index >= 15 is 0 Å². The predicted molar refractivity (Wildman–Crippen MR) is 49.4 cm³/mol. The van der Waals surface area contributed by atoms with Gasteiger partial charge in [-0.3, -0.25) is 10.1 Å². The Morgan fingerprint density at radius 2 is 2.23 bits per heavy atom. The fourth-order valence-corrected chi connectivity index (χ4v) is 1.13. The topological polar surface area (TPSA) is 70.1 Å². The van der Waals surface area contributed by atoms with Gasteiger partial charge in [-0.2, -0.15) is 4.73 Å². The molecule has 0 aromatic carbocycles. The Labute approximate surface area is 82.9 Å². The molecule has 1 heterocycles. The number of hydrogen-bond acceptors (Lipinski definition) is 3. The van der Waals surface area contributed by atoms with Crippen LogP contribution in [0.2, 0.25) is 0 Å². The minimum atomic E-state index is -0.590. The molecule has 0 amide bonds. The first-order valence-electron chi connectivity index (χ1n) is 3.53. The molecule has 13 heavy (non-hydrogen) atoms. The van der Waals surface area contributed by atoms with E-state index in [0.717, 1.165) is 6.20 Å². The van der Waals surface area contributed by atoms with E-state index in [1.807, 2.05) is 0 Å². The van der Waals surface area contributed by atoms with Gasteiger partial charge in [0.15, 0.2) is 6.20 Å². The Hall–Kier alpha value is -1.17. The van der Waals surface area contributed by atoms with Crippen molar-refractivity contribution in [3.63, 3.8) is 0 Å². The van der Waals surface area contributed by atoms with Gasteiger partial charge in [0.1, 0.15) is 0 Å². The second kappa shape index (κ2) is 3.69. The summed E-state index contributed by atoms with van der Waals surface area (Å²) in [6, 6.07) is 1.37. The number of rotatable bonds is 2. The largest absolute Gasteiger partial charge is 0.619 e. The summed E-state index contributed by atoms with van der Waals surface area (Å²) < 4.78 is 0.436. The first-order valence-corrected chi connectivity index (χ1v) is 4.44. The summed E-state index contributed by atoms with van der Waals surface area (Å²) in [7, 11) is 0. The minimum absolute atomic E-state index is 0.0763. The van der Waals surface area contributed by atoms with E-state index in [4.69, 9.17) is 0 Å². The summed E-state index contributed by atoms with van der Waals surface area (Å²) in [5, 5.41) is 21.3. The average molecular weight is 247 g/mol. The fraction of sp³-hybridized carbons (Fsp3) is 0.286. The number of halogens is 1. The highest BCUT2D eigenvalue weighted by atomic mass is 79.9. The van der Waals surface area contributed by atoms with Gasteiger partial charge >= 0.3 is 5.69 Å². The van der Waals surface area contributed by atoms with Gasteiger partial charge in [-0.05, 0) is 6.92 Å². The molecule has 0 saturated heterocycles. The van der Waals surface area contributed by atoms with Crippen LogP contribution in [0.5, 0.6) is 0 Å². The second-order valence-electron chi connectivity index (χ2n) is 2.56. The highest BCUT2D eigenvalue weighted by Crippen LogP contribution is 2.22. The van der Waals surface area contributed by atoms with Crippen LogP contribution in [0.4, 0.5) is 5.69 Å². The van der Waals surface area contributed by atoms with Crippen LogP contribution in [0.3, 0.4) is 0 Å². The smallest absolute Gasteiger partial charge is 0.334 e. The Morgan fingerprint density at radius 3 is 2.69 bits per heavy atom. The van der Waals surface area contributed by atoms with Gasteiger partial charge in [0.05, 0.1) is 4.92 Å². The summed E-state index contributed by atoms with van der Waals surface area (Å²) in [6.07, 6.45) is 2.23. The molecule has 0 saturated carbocycles. The van der Waals surface area contributed by atoms with Crippen LogP contribution in [0.15, 0.2) is 18.5 Å². The zero-order valence-corrected chi connectivity index (χ0v) is 8.39. The zero-order valence-electron chi connectivity index (χ0n) is 6.81. The maximum Gasteiger partial charge on any atom is 0.334 e. The molecule has 1 atom stereocenters. The molecular formula is C7H7BrN2O3. The standard InChI is InChI=1S/C7H7BrN2O3/c1-5(8)6-2-7(10(12)13)4-9(11)3-6/h2-5H,1H3. The van der Waals surface area contributed by atoms with Crippen molar-refractivity contribution in [3.8, 4) is 0 Å². The molecule has 0 aliphatic heterocycles. The number of hydrogen-bond donors (Lipinski definition) is 0. The van der Waals surface area contributed by atoms with Gasteiger partial charge in [-0.15, -0.1) is 0 Å². The van der Waals surface area contributed by atoms with Crippen molar-refractivity contribution < 1.29 is 9.65 Å². The molecule has 1 aromatic heterocycles. The molecule has 0 aliphatic carbocycles. The zero-order chi connectivity index (χ0) is 10.0. The molecule has 0 spiro atoms. The van der Waals surface area contributed by atoms with Crippen molar-refractivity contribution in [2.24, 2.45) is 0 Å². The summed E-state index contributed by atoms with van der Waals surface area (Å²) in [5.74, 6) is 0. The van der Waals surface area contributed by atoms with Gasteiger partial charge in [0.2, 0.25) is 0 Å². The molecule has 5 nitrogen and oxygen atoms in total. The molecule has 6 heteroatoms. The van der Waals surface area contributed by atoms with E-state index in [9.17, 15) is 15.3 Å². The molecule has 70 valence electrons. The van der Waals surface area contributed by atoms with Crippen molar-refractivity contribution in [3.05, 3.63) is 39.3 Å². The number of nitrogens with zero attached hydrogens (tertiary/aromatic N) is 2. The van der Waals surface area contributed by atoms with Gasteiger partial charge in [0, 0.05) is 16.5 Å². The maximum absolute atomic E-state index is 10.9. The Balaban J connectivity index is 3.19. The van der Waals surface area contributed by atoms with Crippen molar-refractivity contribution in [1.82, 2.24) is 0 Å². The van der Waals surface area contributed by atoms with E-state index in [-0.39, 0.29) is 10.5 Å². The first kappa shape index (κ1) is 9.91. The highest BCUT2D eigenvalue weighted by Gasteiger charge is 2.14. The SMILES string of the molecule is CC(Br)c1cc([N+](=O)[O-])c[n+]([O-])c1. The van der Waals surface area contributed by atoms with Crippen molar-refractivity contribution in [2.45, 2.75) is 11.8 Å². The van der Waals surface area contributed by atoms with Crippen LogP contribution >= 0.6 is 15.9 Å². The van der Waals surface area contributed by atoms with Gasteiger partial charge in [0.25, 0.3) is 6.20 Å². The monoisotopic (exact) mass is 246 g/mol. The summed E-state index contributed by atoms with van der Waals surface area (Å²) in [5.41, 5.74) is 0.392. The lowest BCUT2D eigenvalue weighted by atomic mass is 10.2. The van der Waals surface area contributed by atoms with Gasteiger partial charge in [-0.1, -0.05) is 15.9 Å². The van der Waals surface area contributed by atoms with Crippen LogP contribution in [0.1, 0.15) is 17.3 Å². The number of aromatic nitrogens is 1. The lowest BCUT2D eigenvalue weighted by Crippen LogP contribution is -2.26. The molecule has 1 aromatic rings. The molecule has 0 radical (unpaired) electrons. The molecular weight excluding hydrogens is 240 g/mol. The highest BCUT2D eigenvalue weighted by molar-refractivity contribution is 9.09. The van der Waals surface area contributed by atoms with E-state index in [1.165, 1.54) is 12.3 Å². The van der Waals surface area contributed by atoms with Crippen molar-refractivity contribution in [2.75, 3.05) is 0 Å². The number of alkyl halides is 1. The molecule has 0 aliphatic rings. The Kier molecular flexibility index (Phi) is 2.82.